The van der Waals surface area contributed by atoms with E-state index in [2.05, 4.69) is 9.97 Å². The van der Waals surface area contributed by atoms with Gasteiger partial charge in [0, 0.05) is 24.0 Å². The number of carbonyl (C=O) groups excluding carboxylic acids is 2. The minimum atomic E-state index is -0.384. The lowest BCUT2D eigenvalue weighted by Gasteiger charge is -2.27. The van der Waals surface area contributed by atoms with Gasteiger partial charge in [-0.05, 0) is 50.4 Å². The fourth-order valence-electron chi connectivity index (χ4n) is 4.86. The molecule has 8 heteroatoms. The van der Waals surface area contributed by atoms with Crippen LogP contribution in [0.2, 0.25) is 0 Å². The summed E-state index contributed by atoms with van der Waals surface area (Å²) in [4.78, 5) is 34.0. The van der Waals surface area contributed by atoms with Crippen molar-refractivity contribution in [3.8, 4) is 0 Å². The number of rotatable bonds is 4. The number of nitrogens with zero attached hydrogens (tertiary/aromatic N) is 2. The average Bonchev–Trinajstić information content (AvgIpc) is 3.51. The van der Waals surface area contributed by atoms with Crippen molar-refractivity contribution in [3.63, 3.8) is 0 Å². The maximum Gasteiger partial charge on any atom is 0.333 e. The van der Waals surface area contributed by atoms with Gasteiger partial charge < -0.3 is 18.3 Å². The van der Waals surface area contributed by atoms with Crippen LogP contribution < -0.4 is 0 Å². The molecule has 1 aliphatic rings. The molecule has 0 N–H and O–H groups in total. The van der Waals surface area contributed by atoms with E-state index >= 15 is 0 Å². The van der Waals surface area contributed by atoms with Gasteiger partial charge in [0.25, 0.3) is 0 Å². The first-order valence-corrected chi connectivity index (χ1v) is 12.7. The number of esters is 2. The maximum atomic E-state index is 13.0. The van der Waals surface area contributed by atoms with Crippen molar-refractivity contribution in [2.24, 2.45) is 23.7 Å². The van der Waals surface area contributed by atoms with Gasteiger partial charge in [-0.15, -0.1) is 0 Å². The van der Waals surface area contributed by atoms with Crippen LogP contribution in [0, 0.1) is 23.7 Å². The highest BCUT2D eigenvalue weighted by Gasteiger charge is 2.28. The van der Waals surface area contributed by atoms with Crippen LogP contribution in [0.15, 0.2) is 57.3 Å². The molecule has 6 atom stereocenters. The van der Waals surface area contributed by atoms with Crippen LogP contribution in [0.3, 0.4) is 0 Å². The molecule has 1 aliphatic heterocycles. The summed E-state index contributed by atoms with van der Waals surface area (Å²) in [6.07, 6.45) is 11.4. The highest BCUT2D eigenvalue weighted by Crippen LogP contribution is 2.27. The van der Waals surface area contributed by atoms with Gasteiger partial charge in [-0.1, -0.05) is 39.8 Å². The van der Waals surface area contributed by atoms with E-state index in [1.807, 2.05) is 39.8 Å². The molecule has 3 heterocycles. The Bertz CT molecular complexity index is 956. The van der Waals surface area contributed by atoms with Crippen LogP contribution >= 0.6 is 0 Å². The van der Waals surface area contributed by atoms with Gasteiger partial charge in [0.1, 0.15) is 23.7 Å². The molecule has 0 saturated carbocycles. The molecule has 6 unspecified atom stereocenters. The van der Waals surface area contributed by atoms with Crippen LogP contribution in [0.25, 0.3) is 0 Å². The Balaban J connectivity index is 1.87. The summed E-state index contributed by atoms with van der Waals surface area (Å²) in [6.45, 7) is 11.8. The Kier molecular flexibility index (Phi) is 9.67. The maximum absolute atomic E-state index is 13.0. The van der Waals surface area contributed by atoms with Crippen molar-refractivity contribution in [1.29, 1.82) is 0 Å². The van der Waals surface area contributed by atoms with E-state index in [1.54, 1.807) is 26.2 Å². The Labute approximate surface area is 213 Å². The first kappa shape index (κ1) is 27.4. The molecular formula is C28H38N2O6. The molecule has 36 heavy (non-hydrogen) atoms. The van der Waals surface area contributed by atoms with Crippen molar-refractivity contribution < 1.29 is 27.9 Å². The third kappa shape index (κ3) is 7.93. The number of carbonyl (C=O) groups is 2. The second kappa shape index (κ2) is 12.7. The van der Waals surface area contributed by atoms with E-state index in [-0.39, 0.29) is 47.8 Å². The minimum Gasteiger partial charge on any atom is -0.458 e. The largest absolute Gasteiger partial charge is 0.458 e. The number of hydrogen-bond acceptors (Lipinski definition) is 8. The predicted molar refractivity (Wildman–Crippen MR) is 134 cm³/mol. The van der Waals surface area contributed by atoms with Crippen LogP contribution in [0.1, 0.15) is 65.9 Å². The van der Waals surface area contributed by atoms with E-state index in [0.717, 1.165) is 0 Å². The second-order valence-electron chi connectivity index (χ2n) is 10.3. The summed E-state index contributed by atoms with van der Waals surface area (Å²) in [5, 5.41) is 0. The Hall–Kier alpha value is -3.16. The summed E-state index contributed by atoms with van der Waals surface area (Å²) < 4.78 is 22.8. The van der Waals surface area contributed by atoms with Crippen molar-refractivity contribution in [1.82, 2.24) is 9.97 Å². The van der Waals surface area contributed by atoms with Crippen LogP contribution in [-0.4, -0.2) is 34.1 Å². The number of cyclic esters (lactones) is 2. The summed E-state index contributed by atoms with van der Waals surface area (Å²) in [5.41, 5.74) is 1.12. The van der Waals surface area contributed by atoms with Gasteiger partial charge in [0.2, 0.25) is 0 Å². The van der Waals surface area contributed by atoms with Crippen LogP contribution in [0.4, 0.5) is 0 Å². The molecule has 0 radical (unpaired) electrons. The highest BCUT2D eigenvalue weighted by atomic mass is 16.5. The summed E-state index contributed by atoms with van der Waals surface area (Å²) in [7, 11) is 0. The molecule has 0 fully saturated rings. The average molecular weight is 499 g/mol. The van der Waals surface area contributed by atoms with Gasteiger partial charge in [-0.3, -0.25) is 0 Å². The number of ether oxygens (including phenoxy) is 2. The topological polar surface area (TPSA) is 105 Å². The lowest BCUT2D eigenvalue weighted by Crippen LogP contribution is -2.30. The van der Waals surface area contributed by atoms with E-state index in [1.165, 1.54) is 12.8 Å². The zero-order valence-electron chi connectivity index (χ0n) is 22.1. The molecule has 196 valence electrons. The quantitative estimate of drug-likeness (QED) is 0.509. The molecule has 8 nitrogen and oxygen atoms in total. The fraction of sp³-hybridized carbons (Fsp3) is 0.571. The van der Waals surface area contributed by atoms with Gasteiger partial charge >= 0.3 is 11.9 Å². The lowest BCUT2D eigenvalue weighted by atomic mass is 9.88. The van der Waals surface area contributed by atoms with Gasteiger partial charge in [0.05, 0.1) is 12.4 Å². The molecule has 3 rings (SSSR count). The van der Waals surface area contributed by atoms with E-state index in [0.29, 0.717) is 48.3 Å². The molecule has 0 saturated heterocycles. The van der Waals surface area contributed by atoms with Gasteiger partial charge in [-0.2, -0.15) is 0 Å². The third-order valence-electron chi connectivity index (χ3n) is 6.76. The van der Waals surface area contributed by atoms with E-state index < -0.39 is 0 Å². The van der Waals surface area contributed by atoms with Crippen molar-refractivity contribution in [2.75, 3.05) is 0 Å². The molecule has 0 aromatic carbocycles. The van der Waals surface area contributed by atoms with Crippen LogP contribution in [0.5, 0.6) is 0 Å². The smallest absolute Gasteiger partial charge is 0.333 e. The van der Waals surface area contributed by atoms with Crippen molar-refractivity contribution in [3.05, 3.63) is 60.0 Å². The molecule has 0 spiro atoms. The number of hydrogen-bond donors (Lipinski definition) is 0. The molecule has 0 bridgehead atoms. The number of allylic oxidation sites excluding steroid dienone is 2. The molecule has 2 aromatic heterocycles. The first-order chi connectivity index (χ1) is 17.1. The SMILES string of the molecule is C/C1=C\C(C)CC(C)C(Cc2cnco2)OC(=O)/C(C)=C/C(C)CC(C)C(Cc2cnco2)OC1=O. The third-order valence-corrected chi connectivity index (χ3v) is 6.76. The van der Waals surface area contributed by atoms with Crippen molar-refractivity contribution >= 4 is 11.9 Å². The van der Waals surface area contributed by atoms with E-state index in [9.17, 15) is 9.59 Å². The standard InChI is InChI=1S/C28H38N2O6/c1-17-7-19(3)25(11-23-13-29-15-33-23)35-28(32)22(6)10-18(2)8-20(4)26(12-24-14-30-16-34-24)36-27(31)21(5)9-17/h9-10,13-20,25-26H,7-8,11-12H2,1-6H3/b21-9+,22-10+. The Morgan fingerprint density at radius 3 is 1.44 bits per heavy atom. The number of aromatic nitrogens is 2. The minimum absolute atomic E-state index is 0.0199. The zero-order valence-corrected chi connectivity index (χ0v) is 22.1. The van der Waals surface area contributed by atoms with E-state index in [4.69, 9.17) is 18.3 Å². The molecule has 0 amide bonds. The molecular weight excluding hydrogens is 460 g/mol. The Morgan fingerprint density at radius 2 is 1.11 bits per heavy atom. The fourth-order valence-corrected chi connectivity index (χ4v) is 4.86. The number of oxazole rings is 2. The molecule has 2 aromatic rings. The van der Waals surface area contributed by atoms with Gasteiger partial charge in [0.15, 0.2) is 12.8 Å². The first-order valence-electron chi connectivity index (χ1n) is 12.7. The van der Waals surface area contributed by atoms with Crippen molar-refractivity contribution in [2.45, 2.75) is 79.4 Å². The summed E-state index contributed by atoms with van der Waals surface area (Å²) in [5.74, 6) is 0.843. The normalized spacial score (nSPS) is 32.1. The van der Waals surface area contributed by atoms with Crippen LogP contribution in [-0.2, 0) is 31.9 Å². The highest BCUT2D eigenvalue weighted by molar-refractivity contribution is 5.88. The lowest BCUT2D eigenvalue weighted by molar-refractivity contribution is -0.147. The second-order valence-corrected chi connectivity index (χ2v) is 10.3. The molecule has 0 aliphatic carbocycles. The summed E-state index contributed by atoms with van der Waals surface area (Å²) in [6, 6.07) is 0. The van der Waals surface area contributed by atoms with Gasteiger partial charge in [-0.25, -0.2) is 19.6 Å². The zero-order chi connectivity index (χ0) is 26.2. The summed E-state index contributed by atoms with van der Waals surface area (Å²) >= 11 is 0. The predicted octanol–water partition coefficient (Wildman–Crippen LogP) is 5.50. The monoisotopic (exact) mass is 498 g/mol. The Morgan fingerprint density at radius 1 is 0.722 bits per heavy atom.